The molecular formula is C19H21N3O2. The van der Waals surface area contributed by atoms with Gasteiger partial charge in [-0.3, -0.25) is 14.6 Å². The second-order valence-electron chi connectivity index (χ2n) is 5.93. The van der Waals surface area contributed by atoms with Crippen molar-refractivity contribution in [3.8, 4) is 0 Å². The molecule has 2 heterocycles. The fraction of sp³-hybridized carbons (Fsp3) is 0.316. The number of carbonyl (C=O) groups excluding carboxylic acids is 2. The molecule has 0 bridgehead atoms. The topological polar surface area (TPSA) is 62.3 Å². The van der Waals surface area contributed by atoms with Gasteiger partial charge in [-0.1, -0.05) is 19.1 Å². The van der Waals surface area contributed by atoms with Crippen LogP contribution in [0.25, 0.3) is 0 Å². The van der Waals surface area contributed by atoms with Gasteiger partial charge in [-0.05, 0) is 42.2 Å². The number of fused-ring (bicyclic) bond motifs is 1. The standard InChI is InChI=1S/C19H21N3O2/c1-2-3-18(23)21-13-14-4-5-17-16(12-14)8-11-22(17)19(24)15-6-9-20-10-7-15/h4-7,9-10,12H,2-3,8,11,13H2,1H3,(H,21,23). The molecule has 24 heavy (non-hydrogen) atoms. The number of nitrogens with zero attached hydrogens (tertiary/aromatic N) is 2. The lowest BCUT2D eigenvalue weighted by atomic mass is 10.1. The van der Waals surface area contributed by atoms with Crippen LogP contribution in [0.5, 0.6) is 0 Å². The number of amides is 2. The van der Waals surface area contributed by atoms with Crippen LogP contribution in [0.1, 0.15) is 41.3 Å². The molecule has 124 valence electrons. The number of aromatic nitrogens is 1. The first kappa shape index (κ1) is 16.2. The molecule has 5 nitrogen and oxygen atoms in total. The maximum absolute atomic E-state index is 12.6. The second kappa shape index (κ2) is 7.25. The second-order valence-corrected chi connectivity index (χ2v) is 5.93. The third-order valence-corrected chi connectivity index (χ3v) is 4.18. The van der Waals surface area contributed by atoms with Crippen molar-refractivity contribution >= 4 is 17.5 Å². The van der Waals surface area contributed by atoms with Crippen molar-refractivity contribution in [2.75, 3.05) is 11.4 Å². The lowest BCUT2D eigenvalue weighted by molar-refractivity contribution is -0.121. The van der Waals surface area contributed by atoms with Gasteiger partial charge in [-0.15, -0.1) is 0 Å². The van der Waals surface area contributed by atoms with E-state index in [0.717, 1.165) is 29.7 Å². The van der Waals surface area contributed by atoms with Crippen LogP contribution in [-0.4, -0.2) is 23.3 Å². The highest BCUT2D eigenvalue weighted by atomic mass is 16.2. The first-order chi connectivity index (χ1) is 11.7. The van der Waals surface area contributed by atoms with E-state index in [1.54, 1.807) is 24.5 Å². The van der Waals surface area contributed by atoms with Gasteiger partial charge in [0.25, 0.3) is 5.91 Å². The van der Waals surface area contributed by atoms with Gasteiger partial charge < -0.3 is 10.2 Å². The van der Waals surface area contributed by atoms with E-state index in [1.807, 2.05) is 24.0 Å². The predicted octanol–water partition coefficient (Wildman–Crippen LogP) is 2.70. The number of carbonyl (C=O) groups is 2. The number of anilines is 1. The fourth-order valence-electron chi connectivity index (χ4n) is 2.94. The molecule has 0 saturated carbocycles. The van der Waals surface area contributed by atoms with Crippen LogP contribution in [0.15, 0.2) is 42.7 Å². The van der Waals surface area contributed by atoms with Crippen LogP contribution < -0.4 is 10.2 Å². The highest BCUT2D eigenvalue weighted by Crippen LogP contribution is 2.30. The van der Waals surface area contributed by atoms with E-state index >= 15 is 0 Å². The first-order valence-electron chi connectivity index (χ1n) is 8.29. The van der Waals surface area contributed by atoms with Gasteiger partial charge in [0, 0.05) is 43.2 Å². The lowest BCUT2D eigenvalue weighted by Crippen LogP contribution is -2.28. The number of pyridine rings is 1. The summed E-state index contributed by atoms with van der Waals surface area (Å²) in [5, 5.41) is 2.92. The van der Waals surface area contributed by atoms with Crippen molar-refractivity contribution < 1.29 is 9.59 Å². The number of nitrogens with one attached hydrogen (secondary N) is 1. The Morgan fingerprint density at radius 2 is 2.00 bits per heavy atom. The summed E-state index contributed by atoms with van der Waals surface area (Å²) in [5.74, 6) is 0.0765. The number of hydrogen-bond donors (Lipinski definition) is 1. The molecule has 1 aromatic heterocycles. The van der Waals surface area contributed by atoms with Gasteiger partial charge in [0.2, 0.25) is 5.91 Å². The molecule has 0 unspecified atom stereocenters. The third kappa shape index (κ3) is 3.45. The fourth-order valence-corrected chi connectivity index (χ4v) is 2.94. The van der Waals surface area contributed by atoms with Crippen LogP contribution in [0.3, 0.4) is 0 Å². The molecule has 2 aromatic rings. The molecule has 0 radical (unpaired) electrons. The summed E-state index contributed by atoms with van der Waals surface area (Å²) in [6, 6.07) is 9.50. The molecule has 0 saturated heterocycles. The summed E-state index contributed by atoms with van der Waals surface area (Å²) >= 11 is 0. The molecule has 0 spiro atoms. The highest BCUT2D eigenvalue weighted by Gasteiger charge is 2.25. The molecule has 3 rings (SSSR count). The van der Waals surface area contributed by atoms with Crippen LogP contribution in [-0.2, 0) is 17.8 Å². The highest BCUT2D eigenvalue weighted by molar-refractivity contribution is 6.07. The summed E-state index contributed by atoms with van der Waals surface area (Å²) in [6.45, 7) is 3.20. The van der Waals surface area contributed by atoms with E-state index < -0.39 is 0 Å². The lowest BCUT2D eigenvalue weighted by Gasteiger charge is -2.17. The van der Waals surface area contributed by atoms with Gasteiger partial charge in [0.15, 0.2) is 0 Å². The Hall–Kier alpha value is -2.69. The zero-order valence-electron chi connectivity index (χ0n) is 13.8. The molecule has 0 fully saturated rings. The number of rotatable bonds is 5. The van der Waals surface area contributed by atoms with Gasteiger partial charge in [-0.25, -0.2) is 0 Å². The minimum absolute atomic E-state index is 0.000138. The predicted molar refractivity (Wildman–Crippen MR) is 92.8 cm³/mol. The van der Waals surface area contributed by atoms with Crippen LogP contribution in [0.2, 0.25) is 0 Å². The van der Waals surface area contributed by atoms with Crippen molar-refractivity contribution in [2.24, 2.45) is 0 Å². The number of hydrogen-bond acceptors (Lipinski definition) is 3. The van der Waals surface area contributed by atoms with E-state index in [-0.39, 0.29) is 11.8 Å². The van der Waals surface area contributed by atoms with E-state index in [9.17, 15) is 9.59 Å². The smallest absolute Gasteiger partial charge is 0.258 e. The number of benzene rings is 1. The van der Waals surface area contributed by atoms with E-state index in [1.165, 1.54) is 0 Å². The normalized spacial score (nSPS) is 12.8. The zero-order valence-corrected chi connectivity index (χ0v) is 13.8. The van der Waals surface area contributed by atoms with Gasteiger partial charge in [0.05, 0.1) is 0 Å². The van der Waals surface area contributed by atoms with Gasteiger partial charge in [-0.2, -0.15) is 0 Å². The summed E-state index contributed by atoms with van der Waals surface area (Å²) in [7, 11) is 0. The Balaban J connectivity index is 1.71. The molecule has 1 aliphatic rings. The van der Waals surface area contributed by atoms with Gasteiger partial charge in [0.1, 0.15) is 0 Å². The van der Waals surface area contributed by atoms with Gasteiger partial charge >= 0.3 is 0 Å². The molecular weight excluding hydrogens is 302 g/mol. The summed E-state index contributed by atoms with van der Waals surface area (Å²) in [6.07, 6.45) is 5.50. The molecule has 1 aromatic carbocycles. The van der Waals surface area contributed by atoms with E-state index in [0.29, 0.717) is 25.1 Å². The monoisotopic (exact) mass is 323 g/mol. The first-order valence-corrected chi connectivity index (χ1v) is 8.29. The van der Waals surface area contributed by atoms with Crippen LogP contribution in [0, 0.1) is 0 Å². The van der Waals surface area contributed by atoms with E-state index in [2.05, 4.69) is 16.4 Å². The third-order valence-electron chi connectivity index (χ3n) is 4.18. The molecule has 1 N–H and O–H groups in total. The van der Waals surface area contributed by atoms with Crippen molar-refractivity contribution in [1.82, 2.24) is 10.3 Å². The van der Waals surface area contributed by atoms with Crippen molar-refractivity contribution in [1.29, 1.82) is 0 Å². The Bertz CT molecular complexity index is 744. The Morgan fingerprint density at radius 3 is 2.75 bits per heavy atom. The summed E-state index contributed by atoms with van der Waals surface area (Å²) in [5.41, 5.74) is 3.82. The minimum Gasteiger partial charge on any atom is -0.352 e. The minimum atomic E-state index is 0.000138. The van der Waals surface area contributed by atoms with Crippen molar-refractivity contribution in [3.63, 3.8) is 0 Å². The van der Waals surface area contributed by atoms with Crippen LogP contribution in [0.4, 0.5) is 5.69 Å². The molecule has 0 aliphatic carbocycles. The molecule has 0 atom stereocenters. The maximum Gasteiger partial charge on any atom is 0.258 e. The molecule has 1 aliphatic heterocycles. The quantitative estimate of drug-likeness (QED) is 0.920. The largest absolute Gasteiger partial charge is 0.352 e. The zero-order chi connectivity index (χ0) is 16.9. The Labute approximate surface area is 141 Å². The summed E-state index contributed by atoms with van der Waals surface area (Å²) in [4.78, 5) is 30.0. The summed E-state index contributed by atoms with van der Waals surface area (Å²) < 4.78 is 0. The maximum atomic E-state index is 12.6. The average Bonchev–Trinajstić information content (AvgIpc) is 3.03. The Morgan fingerprint density at radius 1 is 1.21 bits per heavy atom. The Kier molecular flexibility index (Phi) is 4.89. The van der Waals surface area contributed by atoms with Crippen LogP contribution >= 0.6 is 0 Å². The SMILES string of the molecule is CCCC(=O)NCc1ccc2c(c1)CCN2C(=O)c1ccncc1. The molecule has 2 amide bonds. The van der Waals surface area contributed by atoms with E-state index in [4.69, 9.17) is 0 Å². The van der Waals surface area contributed by atoms with Crippen molar-refractivity contribution in [2.45, 2.75) is 32.7 Å². The molecule has 5 heteroatoms. The average molecular weight is 323 g/mol. The van der Waals surface area contributed by atoms with Crippen molar-refractivity contribution in [3.05, 3.63) is 59.4 Å².